The minimum atomic E-state index is -0.200. The molecule has 0 saturated carbocycles. The van der Waals surface area contributed by atoms with E-state index >= 15 is 0 Å². The highest BCUT2D eigenvalue weighted by Crippen LogP contribution is 2.28. The molecule has 1 N–H and O–H groups in total. The van der Waals surface area contributed by atoms with Crippen molar-refractivity contribution < 1.29 is 9.59 Å². The van der Waals surface area contributed by atoms with Crippen LogP contribution in [-0.2, 0) is 4.79 Å². The lowest BCUT2D eigenvalue weighted by Crippen LogP contribution is -2.41. The van der Waals surface area contributed by atoms with Crippen molar-refractivity contribution in [2.75, 3.05) is 23.3 Å². The number of rotatable bonds is 4. The molecule has 0 radical (unpaired) electrons. The van der Waals surface area contributed by atoms with Crippen molar-refractivity contribution in [3.8, 4) is 6.07 Å². The summed E-state index contributed by atoms with van der Waals surface area (Å²) in [5, 5.41) is 12.3. The summed E-state index contributed by atoms with van der Waals surface area (Å²) in [6.45, 7) is 4.71. The summed E-state index contributed by atoms with van der Waals surface area (Å²) < 4.78 is 0. The topological polar surface area (TPSA) is 86.1 Å². The number of carbonyl (C=O) groups excluding carboxylic acids is 2. The molecule has 6 nitrogen and oxygen atoms in total. The molecule has 0 aliphatic carbocycles. The maximum atomic E-state index is 12.7. The Hall–Kier alpha value is -3.20. The summed E-state index contributed by atoms with van der Waals surface area (Å²) in [6.07, 6.45) is 3.34. The molecule has 27 heavy (non-hydrogen) atoms. The second-order valence-electron chi connectivity index (χ2n) is 6.90. The molecule has 138 valence electrons. The second-order valence-corrected chi connectivity index (χ2v) is 6.90. The number of anilines is 2. The summed E-state index contributed by atoms with van der Waals surface area (Å²) >= 11 is 0. The van der Waals surface area contributed by atoms with Crippen LogP contribution < -0.4 is 10.2 Å². The van der Waals surface area contributed by atoms with Crippen molar-refractivity contribution in [2.24, 2.45) is 5.92 Å². The first-order valence-electron chi connectivity index (χ1n) is 9.01. The summed E-state index contributed by atoms with van der Waals surface area (Å²) in [7, 11) is 0. The van der Waals surface area contributed by atoms with E-state index in [0.717, 1.165) is 30.6 Å². The molecule has 1 atom stereocenters. The summed E-state index contributed by atoms with van der Waals surface area (Å²) in [6, 6.07) is 11.0. The van der Waals surface area contributed by atoms with Crippen LogP contribution in [0.2, 0.25) is 0 Å². The number of nitrogens with zero attached hydrogens (tertiary/aromatic N) is 3. The number of Topliss-reactive ketones (excluding diaryl/α,β-unsaturated/α-hetero) is 1. The van der Waals surface area contributed by atoms with Crippen LogP contribution in [0, 0.1) is 24.2 Å². The van der Waals surface area contributed by atoms with Gasteiger partial charge in [-0.25, -0.2) is 4.98 Å². The van der Waals surface area contributed by atoms with E-state index in [9.17, 15) is 14.9 Å². The van der Waals surface area contributed by atoms with Crippen LogP contribution in [0.25, 0.3) is 0 Å². The van der Waals surface area contributed by atoms with Gasteiger partial charge in [0.1, 0.15) is 11.9 Å². The fourth-order valence-corrected chi connectivity index (χ4v) is 3.29. The molecule has 1 saturated heterocycles. The number of aryl methyl sites for hydroxylation is 1. The van der Waals surface area contributed by atoms with Gasteiger partial charge < -0.3 is 10.2 Å². The Morgan fingerprint density at radius 3 is 2.78 bits per heavy atom. The Kier molecular flexibility index (Phi) is 5.51. The van der Waals surface area contributed by atoms with Gasteiger partial charge in [0.05, 0.1) is 17.2 Å². The number of nitriles is 1. The molecule has 2 heterocycles. The molecule has 0 bridgehead atoms. The predicted octanol–water partition coefficient (Wildman–Crippen LogP) is 3.32. The molecule has 1 unspecified atom stereocenters. The number of benzene rings is 1. The number of carbonyl (C=O) groups is 2. The quantitative estimate of drug-likeness (QED) is 0.843. The van der Waals surface area contributed by atoms with Gasteiger partial charge in [0.15, 0.2) is 5.78 Å². The Morgan fingerprint density at radius 2 is 2.11 bits per heavy atom. The summed E-state index contributed by atoms with van der Waals surface area (Å²) in [4.78, 5) is 30.6. The zero-order valence-corrected chi connectivity index (χ0v) is 15.5. The maximum absolute atomic E-state index is 12.7. The highest BCUT2D eigenvalue weighted by atomic mass is 16.2. The van der Waals surface area contributed by atoms with Crippen molar-refractivity contribution in [3.63, 3.8) is 0 Å². The van der Waals surface area contributed by atoms with Gasteiger partial charge in [-0.15, -0.1) is 0 Å². The van der Waals surface area contributed by atoms with E-state index in [4.69, 9.17) is 0 Å². The second kappa shape index (κ2) is 8.00. The SMILES string of the molecule is CC(=O)c1ccc(C#N)c(N2CCCC(C(=O)Nc3ccc(C)cn3)C2)c1. The van der Waals surface area contributed by atoms with Crippen LogP contribution in [0.3, 0.4) is 0 Å². The van der Waals surface area contributed by atoms with Crippen LogP contribution >= 0.6 is 0 Å². The Bertz CT molecular complexity index is 899. The molecule has 1 aromatic carbocycles. The number of amides is 1. The molecule has 1 aliphatic heterocycles. The molecule has 1 amide bonds. The first-order chi connectivity index (χ1) is 13.0. The number of ketones is 1. The third kappa shape index (κ3) is 4.32. The molecular formula is C21H22N4O2. The van der Waals surface area contributed by atoms with Gasteiger partial charge in [0.25, 0.3) is 0 Å². The summed E-state index contributed by atoms with van der Waals surface area (Å²) in [5.41, 5.74) is 2.84. The standard InChI is InChI=1S/C21H22N4O2/c1-14-5-8-20(23-12-14)24-21(27)18-4-3-9-25(13-18)19-10-16(15(2)26)6-7-17(19)11-22/h5-8,10,12,18H,3-4,9,13H2,1-2H3,(H,23,24,27). The Morgan fingerprint density at radius 1 is 1.30 bits per heavy atom. The minimum Gasteiger partial charge on any atom is -0.370 e. The number of nitrogens with one attached hydrogen (secondary N) is 1. The molecule has 1 aliphatic rings. The molecule has 0 spiro atoms. The minimum absolute atomic E-state index is 0.0440. The van der Waals surface area contributed by atoms with Gasteiger partial charge in [-0.3, -0.25) is 9.59 Å². The first kappa shape index (κ1) is 18.6. The van der Waals surface area contributed by atoms with E-state index in [-0.39, 0.29) is 17.6 Å². The third-order valence-electron chi connectivity index (χ3n) is 4.82. The van der Waals surface area contributed by atoms with Crippen molar-refractivity contribution in [3.05, 3.63) is 53.2 Å². The van der Waals surface area contributed by atoms with E-state index in [0.29, 0.717) is 23.5 Å². The number of hydrogen-bond donors (Lipinski definition) is 1. The van der Waals surface area contributed by atoms with Crippen molar-refractivity contribution in [1.29, 1.82) is 5.26 Å². The van der Waals surface area contributed by atoms with Crippen LogP contribution in [0.1, 0.15) is 41.3 Å². The van der Waals surface area contributed by atoms with Gasteiger partial charge >= 0.3 is 0 Å². The van der Waals surface area contributed by atoms with E-state index < -0.39 is 0 Å². The number of piperidine rings is 1. The van der Waals surface area contributed by atoms with Crippen molar-refractivity contribution >= 4 is 23.2 Å². The average Bonchev–Trinajstić information content (AvgIpc) is 2.69. The Balaban J connectivity index is 1.77. The summed E-state index contributed by atoms with van der Waals surface area (Å²) in [5.74, 6) is 0.225. The lowest BCUT2D eigenvalue weighted by molar-refractivity contribution is -0.120. The highest BCUT2D eigenvalue weighted by molar-refractivity contribution is 5.95. The molecule has 6 heteroatoms. The fourth-order valence-electron chi connectivity index (χ4n) is 3.29. The van der Waals surface area contributed by atoms with E-state index in [1.54, 1.807) is 30.5 Å². The van der Waals surface area contributed by atoms with Gasteiger partial charge in [-0.1, -0.05) is 6.07 Å². The lowest BCUT2D eigenvalue weighted by Gasteiger charge is -2.34. The zero-order chi connectivity index (χ0) is 19.4. The van der Waals surface area contributed by atoms with Crippen LogP contribution in [0.4, 0.5) is 11.5 Å². The highest BCUT2D eigenvalue weighted by Gasteiger charge is 2.27. The Labute approximate surface area is 158 Å². The van der Waals surface area contributed by atoms with Gasteiger partial charge in [0, 0.05) is 24.8 Å². The van der Waals surface area contributed by atoms with Crippen LogP contribution in [-0.4, -0.2) is 29.8 Å². The van der Waals surface area contributed by atoms with Crippen molar-refractivity contribution in [1.82, 2.24) is 4.98 Å². The van der Waals surface area contributed by atoms with E-state index in [1.807, 2.05) is 17.9 Å². The molecule has 1 fully saturated rings. The molecular weight excluding hydrogens is 340 g/mol. The largest absolute Gasteiger partial charge is 0.370 e. The van der Waals surface area contributed by atoms with Gasteiger partial charge in [-0.2, -0.15) is 5.26 Å². The third-order valence-corrected chi connectivity index (χ3v) is 4.82. The average molecular weight is 362 g/mol. The lowest BCUT2D eigenvalue weighted by atomic mass is 9.95. The smallest absolute Gasteiger partial charge is 0.230 e. The monoisotopic (exact) mass is 362 g/mol. The fraction of sp³-hybridized carbons (Fsp3) is 0.333. The molecule has 2 aromatic rings. The predicted molar refractivity (Wildman–Crippen MR) is 104 cm³/mol. The van der Waals surface area contributed by atoms with E-state index in [2.05, 4.69) is 16.4 Å². The molecule has 3 rings (SSSR count). The van der Waals surface area contributed by atoms with Gasteiger partial charge in [-0.05, 0) is 56.5 Å². The zero-order valence-electron chi connectivity index (χ0n) is 15.5. The van der Waals surface area contributed by atoms with E-state index in [1.165, 1.54) is 6.92 Å². The van der Waals surface area contributed by atoms with Crippen LogP contribution in [0.5, 0.6) is 0 Å². The van der Waals surface area contributed by atoms with Crippen LogP contribution in [0.15, 0.2) is 36.5 Å². The number of pyridine rings is 1. The number of aromatic nitrogens is 1. The normalized spacial score (nSPS) is 16.5. The van der Waals surface area contributed by atoms with Gasteiger partial charge in [0.2, 0.25) is 5.91 Å². The number of hydrogen-bond acceptors (Lipinski definition) is 5. The molecule has 1 aromatic heterocycles. The maximum Gasteiger partial charge on any atom is 0.230 e. The first-order valence-corrected chi connectivity index (χ1v) is 9.01. The van der Waals surface area contributed by atoms with Crippen molar-refractivity contribution in [2.45, 2.75) is 26.7 Å².